The fourth-order valence-corrected chi connectivity index (χ4v) is 3.57. The topological polar surface area (TPSA) is 67.4 Å². The summed E-state index contributed by atoms with van der Waals surface area (Å²) in [6.45, 7) is 1.89. The van der Waals surface area contributed by atoms with Crippen LogP contribution in [0.1, 0.15) is 23.7 Å². The lowest BCUT2D eigenvalue weighted by molar-refractivity contribution is -0.122. The van der Waals surface area contributed by atoms with Gasteiger partial charge in [-0.15, -0.1) is 0 Å². The Kier molecular flexibility index (Phi) is 7.35. The van der Waals surface area contributed by atoms with Gasteiger partial charge in [-0.3, -0.25) is 9.59 Å². The third kappa shape index (κ3) is 5.70. The Morgan fingerprint density at radius 3 is 1.97 bits per heavy atom. The van der Waals surface area contributed by atoms with E-state index in [0.717, 1.165) is 11.1 Å². The number of ether oxygens (including phenoxy) is 1. The second-order valence-electron chi connectivity index (χ2n) is 7.76. The maximum absolute atomic E-state index is 13.0. The van der Waals surface area contributed by atoms with E-state index in [0.29, 0.717) is 29.1 Å². The minimum Gasteiger partial charge on any atom is -0.481 e. The minimum absolute atomic E-state index is 0.299. The van der Waals surface area contributed by atoms with Crippen LogP contribution in [0.3, 0.4) is 0 Å². The van der Waals surface area contributed by atoms with Crippen molar-refractivity contribution in [3.8, 4) is 16.9 Å². The van der Waals surface area contributed by atoms with Crippen LogP contribution in [-0.4, -0.2) is 17.9 Å². The van der Waals surface area contributed by atoms with Crippen molar-refractivity contribution < 1.29 is 14.3 Å². The molecule has 4 aromatic carbocycles. The first-order chi connectivity index (χ1) is 16.6. The predicted octanol–water partition coefficient (Wildman–Crippen LogP) is 6.40. The molecule has 0 spiro atoms. The number of rotatable bonds is 8. The third-order valence-corrected chi connectivity index (χ3v) is 5.36. The van der Waals surface area contributed by atoms with E-state index in [9.17, 15) is 9.59 Å². The molecule has 0 saturated heterocycles. The fraction of sp³-hybridized carbons (Fsp3) is 0.103. The molecule has 1 atom stereocenters. The van der Waals surface area contributed by atoms with E-state index in [1.54, 1.807) is 24.3 Å². The number of carbonyl (C=O) groups excluding carboxylic acids is 2. The standard InChI is InChI=1S/C29H26N2O3/c1-2-27(34-24-19-17-22(18-20-24)21-11-5-3-6-12-21)29(33)31-26-16-10-9-15-25(26)28(32)30-23-13-7-4-8-14-23/h3-20,27H,2H2,1H3,(H,30,32)(H,31,33). The summed E-state index contributed by atoms with van der Waals surface area (Å²) < 4.78 is 5.97. The van der Waals surface area contributed by atoms with Crippen molar-refractivity contribution in [2.24, 2.45) is 0 Å². The van der Waals surface area contributed by atoms with Crippen LogP contribution in [0.2, 0.25) is 0 Å². The first kappa shape index (κ1) is 22.8. The van der Waals surface area contributed by atoms with Gasteiger partial charge in [0.1, 0.15) is 5.75 Å². The highest BCUT2D eigenvalue weighted by molar-refractivity contribution is 6.10. The SMILES string of the molecule is CCC(Oc1ccc(-c2ccccc2)cc1)C(=O)Nc1ccccc1C(=O)Nc1ccccc1. The van der Waals surface area contributed by atoms with Crippen LogP contribution in [0, 0.1) is 0 Å². The number of carbonyl (C=O) groups is 2. The molecule has 0 saturated carbocycles. The van der Waals surface area contributed by atoms with Crippen molar-refractivity contribution in [2.45, 2.75) is 19.4 Å². The first-order valence-electron chi connectivity index (χ1n) is 11.2. The van der Waals surface area contributed by atoms with E-state index in [4.69, 9.17) is 4.74 Å². The van der Waals surface area contributed by atoms with Crippen molar-refractivity contribution in [1.29, 1.82) is 0 Å². The van der Waals surface area contributed by atoms with Gasteiger partial charge >= 0.3 is 0 Å². The van der Waals surface area contributed by atoms with Crippen LogP contribution < -0.4 is 15.4 Å². The maximum atomic E-state index is 13.0. The Bertz CT molecular complexity index is 1240. The molecule has 1 unspecified atom stereocenters. The van der Waals surface area contributed by atoms with Gasteiger partial charge in [-0.2, -0.15) is 0 Å². The predicted molar refractivity (Wildman–Crippen MR) is 136 cm³/mol. The van der Waals surface area contributed by atoms with Gasteiger partial charge in [0, 0.05) is 5.69 Å². The van der Waals surface area contributed by atoms with Crippen molar-refractivity contribution in [2.75, 3.05) is 10.6 Å². The van der Waals surface area contributed by atoms with E-state index in [2.05, 4.69) is 10.6 Å². The van der Waals surface area contributed by atoms with E-state index in [1.165, 1.54) is 0 Å². The number of anilines is 2. The molecule has 5 nitrogen and oxygen atoms in total. The van der Waals surface area contributed by atoms with Gasteiger partial charge in [-0.1, -0.05) is 79.7 Å². The van der Waals surface area contributed by atoms with Crippen LogP contribution in [0.4, 0.5) is 11.4 Å². The zero-order chi connectivity index (χ0) is 23.8. The van der Waals surface area contributed by atoms with Crippen LogP contribution in [-0.2, 0) is 4.79 Å². The number of hydrogen-bond acceptors (Lipinski definition) is 3. The molecule has 0 aliphatic heterocycles. The molecule has 5 heteroatoms. The van der Waals surface area contributed by atoms with E-state index in [1.807, 2.05) is 91.9 Å². The van der Waals surface area contributed by atoms with Crippen molar-refractivity contribution in [1.82, 2.24) is 0 Å². The fourth-order valence-electron chi connectivity index (χ4n) is 3.57. The second kappa shape index (κ2) is 11.0. The lowest BCUT2D eigenvalue weighted by atomic mass is 10.1. The van der Waals surface area contributed by atoms with Crippen molar-refractivity contribution in [3.05, 3.63) is 115 Å². The lowest BCUT2D eigenvalue weighted by Crippen LogP contribution is -2.33. The van der Waals surface area contributed by atoms with Gasteiger partial charge in [0.2, 0.25) is 0 Å². The molecule has 34 heavy (non-hydrogen) atoms. The highest BCUT2D eigenvalue weighted by Gasteiger charge is 2.21. The third-order valence-electron chi connectivity index (χ3n) is 5.36. The summed E-state index contributed by atoms with van der Waals surface area (Å²) in [5.74, 6) is -0.000971. The molecule has 0 aromatic heterocycles. The number of nitrogens with one attached hydrogen (secondary N) is 2. The number of amides is 2. The number of benzene rings is 4. The van der Waals surface area contributed by atoms with Gasteiger partial charge in [0.15, 0.2) is 6.10 Å². The van der Waals surface area contributed by atoms with Gasteiger partial charge in [-0.25, -0.2) is 0 Å². The molecule has 0 fully saturated rings. The highest BCUT2D eigenvalue weighted by Crippen LogP contribution is 2.24. The Labute approximate surface area is 199 Å². The van der Waals surface area contributed by atoms with E-state index >= 15 is 0 Å². The van der Waals surface area contributed by atoms with Crippen LogP contribution in [0.5, 0.6) is 5.75 Å². The molecule has 0 bridgehead atoms. The molecule has 2 amide bonds. The average molecular weight is 451 g/mol. The summed E-state index contributed by atoms with van der Waals surface area (Å²) in [7, 11) is 0. The summed E-state index contributed by atoms with van der Waals surface area (Å²) in [5, 5.41) is 5.71. The zero-order valence-corrected chi connectivity index (χ0v) is 18.9. The molecule has 4 rings (SSSR count). The van der Waals surface area contributed by atoms with Crippen LogP contribution in [0.15, 0.2) is 109 Å². The second-order valence-corrected chi connectivity index (χ2v) is 7.76. The minimum atomic E-state index is -0.701. The Morgan fingerprint density at radius 1 is 0.706 bits per heavy atom. The molecular formula is C29H26N2O3. The Balaban J connectivity index is 1.44. The molecule has 2 N–H and O–H groups in total. The molecule has 170 valence electrons. The quantitative estimate of drug-likeness (QED) is 0.326. The molecule has 0 radical (unpaired) electrons. The van der Waals surface area contributed by atoms with Crippen molar-refractivity contribution in [3.63, 3.8) is 0 Å². The molecule has 0 aliphatic rings. The van der Waals surface area contributed by atoms with E-state index < -0.39 is 6.10 Å². The summed E-state index contributed by atoms with van der Waals surface area (Å²) in [6, 6.07) is 33.8. The monoisotopic (exact) mass is 450 g/mol. The number of hydrogen-bond donors (Lipinski definition) is 2. The van der Waals surface area contributed by atoms with E-state index in [-0.39, 0.29) is 11.8 Å². The molecular weight excluding hydrogens is 424 g/mol. The summed E-state index contributed by atoms with van der Waals surface area (Å²) in [5.41, 5.74) is 3.68. The Morgan fingerprint density at radius 2 is 1.29 bits per heavy atom. The van der Waals surface area contributed by atoms with Gasteiger partial charge in [-0.05, 0) is 53.9 Å². The summed E-state index contributed by atoms with van der Waals surface area (Å²) >= 11 is 0. The lowest BCUT2D eigenvalue weighted by Gasteiger charge is -2.19. The Hall–Kier alpha value is -4.38. The average Bonchev–Trinajstić information content (AvgIpc) is 2.89. The molecule has 4 aromatic rings. The largest absolute Gasteiger partial charge is 0.481 e. The van der Waals surface area contributed by atoms with Crippen LogP contribution >= 0.6 is 0 Å². The zero-order valence-electron chi connectivity index (χ0n) is 18.9. The first-order valence-corrected chi connectivity index (χ1v) is 11.2. The smallest absolute Gasteiger partial charge is 0.265 e. The van der Waals surface area contributed by atoms with Gasteiger partial charge in [0.05, 0.1) is 11.3 Å². The molecule has 0 aliphatic carbocycles. The molecule has 0 heterocycles. The number of para-hydroxylation sites is 2. The van der Waals surface area contributed by atoms with Crippen LogP contribution in [0.25, 0.3) is 11.1 Å². The summed E-state index contributed by atoms with van der Waals surface area (Å²) in [4.78, 5) is 25.8. The highest BCUT2D eigenvalue weighted by atomic mass is 16.5. The normalized spacial score (nSPS) is 11.3. The van der Waals surface area contributed by atoms with Gasteiger partial charge < -0.3 is 15.4 Å². The van der Waals surface area contributed by atoms with Crippen molar-refractivity contribution >= 4 is 23.2 Å². The maximum Gasteiger partial charge on any atom is 0.265 e. The summed E-state index contributed by atoms with van der Waals surface area (Å²) in [6.07, 6.45) is -0.224. The van der Waals surface area contributed by atoms with Gasteiger partial charge in [0.25, 0.3) is 11.8 Å².